The zero-order chi connectivity index (χ0) is 17.2. The summed E-state index contributed by atoms with van der Waals surface area (Å²) < 4.78 is 42.9. The number of rotatable bonds is 5. The van der Waals surface area contributed by atoms with Crippen molar-refractivity contribution in [1.29, 1.82) is 0 Å². The normalized spacial score (nSPS) is 11.6. The summed E-state index contributed by atoms with van der Waals surface area (Å²) in [4.78, 5) is 18.9. The summed E-state index contributed by atoms with van der Waals surface area (Å²) in [6.07, 6.45) is -1.74. The van der Waals surface area contributed by atoms with Crippen molar-refractivity contribution < 1.29 is 22.5 Å². The predicted molar refractivity (Wildman–Crippen MR) is 73.5 cm³/mol. The fraction of sp³-hybridized carbons (Fsp3) is 0.214. The summed E-state index contributed by atoms with van der Waals surface area (Å²) in [5, 5.41) is 7.14. The minimum absolute atomic E-state index is 0.0767. The first-order valence-electron chi connectivity index (χ1n) is 6.76. The van der Waals surface area contributed by atoms with E-state index in [2.05, 4.69) is 24.7 Å². The highest BCUT2D eigenvalue weighted by atomic mass is 19.4. The Morgan fingerprint density at radius 2 is 1.96 bits per heavy atom. The zero-order valence-corrected chi connectivity index (χ0v) is 12.1. The van der Waals surface area contributed by atoms with Crippen molar-refractivity contribution in [3.63, 3.8) is 0 Å². The second-order valence-corrected chi connectivity index (χ2v) is 4.93. The number of halogens is 3. The standard InChI is InChI=1S/C14H10F3N5O2/c15-14(16,17)13-20-12(21-24-13)10-3-1-9(2-4-10)5-11(23)6-22-8-18-7-19-22/h1-4,7-8H,5-6H2. The van der Waals surface area contributed by atoms with Crippen molar-refractivity contribution in [2.45, 2.75) is 19.1 Å². The maximum Gasteiger partial charge on any atom is 0.471 e. The van der Waals surface area contributed by atoms with Crippen molar-refractivity contribution in [2.75, 3.05) is 0 Å². The Bertz CT molecular complexity index is 825. The molecule has 0 bridgehead atoms. The van der Waals surface area contributed by atoms with Gasteiger partial charge in [-0.1, -0.05) is 29.4 Å². The lowest BCUT2D eigenvalue weighted by Gasteiger charge is -2.02. The molecule has 1 aromatic carbocycles. The lowest BCUT2D eigenvalue weighted by Crippen LogP contribution is -2.12. The second kappa shape index (κ2) is 6.22. The third-order valence-corrected chi connectivity index (χ3v) is 3.09. The summed E-state index contributed by atoms with van der Waals surface area (Å²) in [6.45, 7) is 0.0987. The number of benzene rings is 1. The van der Waals surface area contributed by atoms with Crippen LogP contribution >= 0.6 is 0 Å². The Kier molecular flexibility index (Phi) is 4.11. The molecule has 2 aromatic heterocycles. The van der Waals surface area contributed by atoms with E-state index < -0.39 is 12.1 Å². The van der Waals surface area contributed by atoms with Crippen molar-refractivity contribution in [1.82, 2.24) is 24.9 Å². The van der Waals surface area contributed by atoms with Crippen LogP contribution in [0.15, 0.2) is 41.4 Å². The Morgan fingerprint density at radius 1 is 1.21 bits per heavy atom. The molecule has 0 radical (unpaired) electrons. The minimum atomic E-state index is -4.68. The van der Waals surface area contributed by atoms with Gasteiger partial charge in [0.1, 0.15) is 19.2 Å². The topological polar surface area (TPSA) is 86.7 Å². The van der Waals surface area contributed by atoms with E-state index in [1.807, 2.05) is 0 Å². The number of carbonyl (C=O) groups excluding carboxylic acids is 1. The maximum atomic E-state index is 12.4. The van der Waals surface area contributed by atoms with Crippen LogP contribution in [0.25, 0.3) is 11.4 Å². The van der Waals surface area contributed by atoms with Crippen molar-refractivity contribution in [3.05, 3.63) is 48.4 Å². The first-order valence-corrected chi connectivity index (χ1v) is 6.76. The van der Waals surface area contributed by atoms with Gasteiger partial charge < -0.3 is 4.52 Å². The van der Waals surface area contributed by atoms with E-state index in [0.717, 1.165) is 0 Å². The van der Waals surface area contributed by atoms with Crippen LogP contribution in [0.2, 0.25) is 0 Å². The lowest BCUT2D eigenvalue weighted by atomic mass is 10.1. The third-order valence-electron chi connectivity index (χ3n) is 3.09. The van der Waals surface area contributed by atoms with Gasteiger partial charge >= 0.3 is 12.1 Å². The fourth-order valence-corrected chi connectivity index (χ4v) is 2.01. The molecule has 3 rings (SSSR count). The van der Waals surface area contributed by atoms with Crippen molar-refractivity contribution in [3.8, 4) is 11.4 Å². The van der Waals surface area contributed by atoms with Crippen LogP contribution in [0, 0.1) is 0 Å². The van der Waals surface area contributed by atoms with E-state index in [0.29, 0.717) is 11.1 Å². The molecule has 0 fully saturated rings. The van der Waals surface area contributed by atoms with Gasteiger partial charge in [-0.2, -0.15) is 23.3 Å². The molecule has 0 N–H and O–H groups in total. The van der Waals surface area contributed by atoms with Crippen LogP contribution in [0.4, 0.5) is 13.2 Å². The van der Waals surface area contributed by atoms with E-state index in [4.69, 9.17) is 0 Å². The third kappa shape index (κ3) is 3.65. The monoisotopic (exact) mass is 337 g/mol. The van der Waals surface area contributed by atoms with E-state index in [-0.39, 0.29) is 24.6 Å². The summed E-state index contributed by atoms with van der Waals surface area (Å²) in [7, 11) is 0. The summed E-state index contributed by atoms with van der Waals surface area (Å²) in [5.41, 5.74) is 1.07. The van der Waals surface area contributed by atoms with Crippen LogP contribution in [0.3, 0.4) is 0 Å². The van der Waals surface area contributed by atoms with Gasteiger partial charge in [0, 0.05) is 12.0 Å². The fourth-order valence-electron chi connectivity index (χ4n) is 2.01. The van der Waals surface area contributed by atoms with Gasteiger partial charge in [0.05, 0.1) is 0 Å². The van der Waals surface area contributed by atoms with Crippen molar-refractivity contribution >= 4 is 5.78 Å². The summed E-state index contributed by atoms with van der Waals surface area (Å²) in [5.74, 6) is -1.64. The average molecular weight is 337 g/mol. The van der Waals surface area contributed by atoms with Crippen LogP contribution in [-0.4, -0.2) is 30.7 Å². The van der Waals surface area contributed by atoms with Gasteiger partial charge in [0.2, 0.25) is 5.82 Å². The number of carbonyl (C=O) groups is 1. The number of nitrogens with zero attached hydrogens (tertiary/aromatic N) is 5. The summed E-state index contributed by atoms with van der Waals surface area (Å²) in [6, 6.07) is 6.31. The highest BCUT2D eigenvalue weighted by Gasteiger charge is 2.38. The number of aromatic nitrogens is 5. The Labute approximate surface area is 133 Å². The molecule has 0 unspecified atom stereocenters. The highest BCUT2D eigenvalue weighted by molar-refractivity contribution is 5.80. The van der Waals surface area contributed by atoms with Gasteiger partial charge in [-0.15, -0.1) is 0 Å². The Hall–Kier alpha value is -3.04. The first-order chi connectivity index (χ1) is 11.4. The number of alkyl halides is 3. The summed E-state index contributed by atoms with van der Waals surface area (Å²) >= 11 is 0. The number of hydrogen-bond donors (Lipinski definition) is 0. The smallest absolute Gasteiger partial charge is 0.329 e. The van der Waals surface area contributed by atoms with E-state index >= 15 is 0 Å². The predicted octanol–water partition coefficient (Wildman–Crippen LogP) is 2.16. The molecular formula is C14H10F3N5O2. The quantitative estimate of drug-likeness (QED) is 0.709. The number of ketones is 1. The molecule has 3 aromatic rings. The lowest BCUT2D eigenvalue weighted by molar-refractivity contribution is -0.159. The molecule has 0 aliphatic carbocycles. The van der Waals surface area contributed by atoms with Crippen LogP contribution in [0.1, 0.15) is 11.5 Å². The van der Waals surface area contributed by atoms with E-state index in [1.165, 1.54) is 29.5 Å². The molecule has 0 atom stereocenters. The molecule has 7 nitrogen and oxygen atoms in total. The first kappa shape index (κ1) is 15.8. The van der Waals surface area contributed by atoms with Gasteiger partial charge in [0.25, 0.3) is 0 Å². The van der Waals surface area contributed by atoms with Crippen LogP contribution in [0.5, 0.6) is 0 Å². The average Bonchev–Trinajstić information content (AvgIpc) is 3.18. The molecule has 24 heavy (non-hydrogen) atoms. The van der Waals surface area contributed by atoms with Gasteiger partial charge in [-0.25, -0.2) is 9.67 Å². The molecule has 0 aliphatic heterocycles. The van der Waals surface area contributed by atoms with Crippen molar-refractivity contribution in [2.24, 2.45) is 0 Å². The molecule has 0 spiro atoms. The SMILES string of the molecule is O=C(Cc1ccc(-c2noc(C(F)(F)F)n2)cc1)Cn1cncn1. The molecule has 2 heterocycles. The maximum absolute atomic E-state index is 12.4. The Balaban J connectivity index is 1.67. The zero-order valence-electron chi connectivity index (χ0n) is 12.1. The molecule has 0 amide bonds. The largest absolute Gasteiger partial charge is 0.471 e. The van der Waals surface area contributed by atoms with Crippen LogP contribution < -0.4 is 0 Å². The van der Waals surface area contributed by atoms with E-state index in [9.17, 15) is 18.0 Å². The Morgan fingerprint density at radius 3 is 2.54 bits per heavy atom. The number of hydrogen-bond acceptors (Lipinski definition) is 6. The van der Waals surface area contributed by atoms with Gasteiger partial charge in [-0.3, -0.25) is 4.79 Å². The molecule has 0 saturated carbocycles. The highest BCUT2D eigenvalue weighted by Crippen LogP contribution is 2.29. The minimum Gasteiger partial charge on any atom is -0.329 e. The number of Topliss-reactive ketones (excluding diaryl/α,β-unsaturated/α-hetero) is 1. The molecule has 10 heteroatoms. The second-order valence-electron chi connectivity index (χ2n) is 4.93. The molecule has 0 aliphatic rings. The molecule has 0 saturated heterocycles. The van der Waals surface area contributed by atoms with Crippen LogP contribution in [-0.2, 0) is 23.9 Å². The van der Waals surface area contributed by atoms with Gasteiger partial charge in [-0.05, 0) is 5.56 Å². The van der Waals surface area contributed by atoms with Gasteiger partial charge in [0.15, 0.2) is 5.78 Å². The molecule has 124 valence electrons. The van der Waals surface area contributed by atoms with E-state index in [1.54, 1.807) is 12.1 Å². The molecular weight excluding hydrogens is 327 g/mol.